The smallest absolute Gasteiger partial charge is 0.254 e. The molecular formula is C27H30N2O3. The number of allylic oxidation sites excluding steroid dienone is 1. The highest BCUT2D eigenvalue weighted by Gasteiger charge is 2.47. The maximum Gasteiger partial charge on any atom is 0.254 e. The van der Waals surface area contributed by atoms with Gasteiger partial charge in [-0.3, -0.25) is 14.6 Å². The molecule has 32 heavy (non-hydrogen) atoms. The van der Waals surface area contributed by atoms with Crippen molar-refractivity contribution in [2.75, 3.05) is 12.4 Å². The summed E-state index contributed by atoms with van der Waals surface area (Å²) in [6, 6.07) is 15.4. The molecule has 0 radical (unpaired) electrons. The molecular weight excluding hydrogens is 400 g/mol. The number of carbonyl (C=O) groups excluding carboxylic acids is 2. The number of anilines is 1. The zero-order valence-electron chi connectivity index (χ0n) is 19.4. The first-order chi connectivity index (χ1) is 15.2. The summed E-state index contributed by atoms with van der Waals surface area (Å²) in [6.45, 7) is 8.11. The molecule has 5 heteroatoms. The van der Waals surface area contributed by atoms with Crippen molar-refractivity contribution in [3.63, 3.8) is 0 Å². The van der Waals surface area contributed by atoms with E-state index in [1.165, 1.54) is 0 Å². The number of Topliss-reactive ketones (excluding diaryl/α,β-unsaturated/α-hetero) is 1. The number of para-hydroxylation sites is 2. The predicted molar refractivity (Wildman–Crippen MR) is 127 cm³/mol. The third kappa shape index (κ3) is 4.12. The molecule has 1 unspecified atom stereocenters. The molecule has 2 aliphatic rings. The molecule has 0 spiro atoms. The molecule has 1 saturated carbocycles. The summed E-state index contributed by atoms with van der Waals surface area (Å²) in [5.41, 5.74) is 4.64. The van der Waals surface area contributed by atoms with Crippen LogP contribution in [0.2, 0.25) is 0 Å². The van der Waals surface area contributed by atoms with Crippen molar-refractivity contribution in [3.8, 4) is 5.75 Å². The highest BCUT2D eigenvalue weighted by atomic mass is 16.5. The van der Waals surface area contributed by atoms with Gasteiger partial charge in [0, 0.05) is 29.3 Å². The summed E-state index contributed by atoms with van der Waals surface area (Å²) in [4.78, 5) is 31.8. The number of carbonyl (C=O) groups is 2. The van der Waals surface area contributed by atoms with Crippen LogP contribution in [0.15, 0.2) is 64.8 Å². The lowest BCUT2D eigenvalue weighted by Gasteiger charge is -2.41. The van der Waals surface area contributed by atoms with E-state index in [4.69, 9.17) is 9.73 Å². The Labute approximate surface area is 189 Å². The molecule has 5 nitrogen and oxygen atoms in total. The van der Waals surface area contributed by atoms with Crippen LogP contribution in [0.5, 0.6) is 5.75 Å². The molecule has 2 atom stereocenters. The van der Waals surface area contributed by atoms with Crippen molar-refractivity contribution >= 4 is 23.1 Å². The normalized spacial score (nSPS) is 22.2. The quantitative estimate of drug-likeness (QED) is 0.700. The van der Waals surface area contributed by atoms with E-state index in [0.29, 0.717) is 29.1 Å². The summed E-state index contributed by atoms with van der Waals surface area (Å²) in [5, 5.41) is 3.00. The molecule has 0 bridgehead atoms. The van der Waals surface area contributed by atoms with E-state index >= 15 is 0 Å². The minimum absolute atomic E-state index is 0.124. The average Bonchev–Trinajstić information content (AvgIpc) is 2.72. The number of ether oxygens (including phenoxy) is 1. The molecule has 2 aromatic rings. The number of nitrogens with zero attached hydrogens (tertiary/aromatic N) is 1. The number of methoxy groups -OCH3 is 1. The molecule has 1 N–H and O–H groups in total. The van der Waals surface area contributed by atoms with Crippen LogP contribution in [-0.4, -0.2) is 24.5 Å². The van der Waals surface area contributed by atoms with Gasteiger partial charge in [-0.15, -0.1) is 0 Å². The lowest BCUT2D eigenvalue weighted by molar-refractivity contribution is -0.124. The van der Waals surface area contributed by atoms with Gasteiger partial charge in [-0.25, -0.2) is 0 Å². The summed E-state index contributed by atoms with van der Waals surface area (Å²) in [6.07, 6.45) is 1.24. The zero-order valence-corrected chi connectivity index (χ0v) is 19.4. The van der Waals surface area contributed by atoms with E-state index in [1.54, 1.807) is 19.2 Å². The van der Waals surface area contributed by atoms with Crippen molar-refractivity contribution < 1.29 is 14.3 Å². The summed E-state index contributed by atoms with van der Waals surface area (Å²) >= 11 is 0. The Morgan fingerprint density at radius 2 is 1.81 bits per heavy atom. The number of ketones is 1. The number of amides is 1. The topological polar surface area (TPSA) is 67.8 Å². The third-order valence-corrected chi connectivity index (χ3v) is 6.36. The van der Waals surface area contributed by atoms with Gasteiger partial charge in [0.25, 0.3) is 5.91 Å². The number of hydrogen-bond acceptors (Lipinski definition) is 4. The second kappa shape index (κ2) is 8.38. The fourth-order valence-electron chi connectivity index (χ4n) is 5.05. The average molecular weight is 431 g/mol. The molecule has 1 aliphatic carbocycles. The van der Waals surface area contributed by atoms with E-state index in [2.05, 4.69) is 25.2 Å². The van der Waals surface area contributed by atoms with Crippen molar-refractivity contribution in [1.29, 1.82) is 0 Å². The van der Waals surface area contributed by atoms with Crippen molar-refractivity contribution in [3.05, 3.63) is 70.9 Å². The summed E-state index contributed by atoms with van der Waals surface area (Å²) in [5.74, 6) is -0.283. The van der Waals surface area contributed by atoms with E-state index < -0.39 is 5.92 Å². The standard InChI is InChI=1S/C27H30N2O3/c1-16-9-8-10-18(13-16)24-23(26(31)29-19-11-6-7-12-22(19)32-5)17(2)28-20-14-27(3,4)15-21(30)25(20)24/h6-13,24-25H,14-15H2,1-5H3,(H,29,31)/t24-,25?/m1/s1. The Balaban J connectivity index is 1.82. The molecule has 1 fully saturated rings. The maximum atomic E-state index is 13.6. The Hall–Kier alpha value is -3.21. The lowest BCUT2D eigenvalue weighted by atomic mass is 9.63. The number of nitrogens with one attached hydrogen (secondary N) is 1. The number of aryl methyl sites for hydroxylation is 1. The minimum atomic E-state index is -0.410. The van der Waals surface area contributed by atoms with Gasteiger partial charge < -0.3 is 10.1 Å². The van der Waals surface area contributed by atoms with Crippen molar-refractivity contribution in [2.45, 2.75) is 46.5 Å². The Morgan fingerprint density at radius 3 is 2.53 bits per heavy atom. The van der Waals surface area contributed by atoms with Crippen molar-refractivity contribution in [2.24, 2.45) is 16.3 Å². The Bertz CT molecular complexity index is 1140. The predicted octanol–water partition coefficient (Wildman–Crippen LogP) is 5.46. The van der Waals surface area contributed by atoms with E-state index in [1.807, 2.05) is 44.2 Å². The fraction of sp³-hybridized carbons (Fsp3) is 0.370. The second-order valence-corrected chi connectivity index (χ2v) is 9.61. The monoisotopic (exact) mass is 430 g/mol. The van der Waals surface area contributed by atoms with E-state index in [-0.39, 0.29) is 23.0 Å². The molecule has 1 aliphatic heterocycles. The van der Waals surface area contributed by atoms with Gasteiger partial charge in [0.1, 0.15) is 11.5 Å². The second-order valence-electron chi connectivity index (χ2n) is 9.61. The van der Waals surface area contributed by atoms with Gasteiger partial charge in [-0.1, -0.05) is 55.8 Å². The van der Waals surface area contributed by atoms with Gasteiger partial charge >= 0.3 is 0 Å². The zero-order chi connectivity index (χ0) is 23.0. The number of benzene rings is 2. The number of rotatable bonds is 4. The number of hydrogen-bond donors (Lipinski definition) is 1. The van der Waals surface area contributed by atoms with Crippen LogP contribution in [0.3, 0.4) is 0 Å². The van der Waals surface area contributed by atoms with Crippen LogP contribution in [-0.2, 0) is 9.59 Å². The summed E-state index contributed by atoms with van der Waals surface area (Å²) < 4.78 is 5.40. The highest BCUT2D eigenvalue weighted by Crippen LogP contribution is 2.47. The first kappa shape index (κ1) is 22.0. The first-order valence-electron chi connectivity index (χ1n) is 11.0. The van der Waals surface area contributed by atoms with Crippen molar-refractivity contribution in [1.82, 2.24) is 0 Å². The minimum Gasteiger partial charge on any atom is -0.495 e. The van der Waals surface area contributed by atoms with E-state index in [9.17, 15) is 9.59 Å². The molecule has 0 aromatic heterocycles. The SMILES string of the molecule is COc1ccccc1NC(=O)C1=C(C)N=C2CC(C)(C)CC(=O)C2[C@@H]1c1cccc(C)c1. The highest BCUT2D eigenvalue weighted by molar-refractivity contribution is 6.14. The molecule has 1 amide bonds. The summed E-state index contributed by atoms with van der Waals surface area (Å²) in [7, 11) is 1.57. The number of aliphatic imine (C=N–C) groups is 1. The van der Waals surface area contributed by atoms with Crippen LogP contribution in [0.4, 0.5) is 5.69 Å². The molecule has 1 heterocycles. The Morgan fingerprint density at radius 1 is 1.06 bits per heavy atom. The van der Waals surface area contributed by atoms with Crippen LogP contribution in [0, 0.1) is 18.3 Å². The first-order valence-corrected chi connectivity index (χ1v) is 11.0. The van der Waals surface area contributed by atoms with Gasteiger partial charge in [-0.05, 0) is 43.4 Å². The third-order valence-electron chi connectivity index (χ3n) is 6.36. The molecule has 4 rings (SSSR count). The van der Waals surface area contributed by atoms with Gasteiger partial charge in [0.15, 0.2) is 0 Å². The largest absolute Gasteiger partial charge is 0.495 e. The molecule has 0 saturated heterocycles. The lowest BCUT2D eigenvalue weighted by Crippen LogP contribution is -2.44. The molecule has 166 valence electrons. The molecule has 2 aromatic carbocycles. The number of fused-ring (bicyclic) bond motifs is 1. The van der Waals surface area contributed by atoms with Gasteiger partial charge in [0.05, 0.1) is 18.7 Å². The fourth-order valence-corrected chi connectivity index (χ4v) is 5.05. The van der Waals surface area contributed by atoms with Crippen LogP contribution in [0.25, 0.3) is 0 Å². The van der Waals surface area contributed by atoms with Gasteiger partial charge in [-0.2, -0.15) is 0 Å². The Kier molecular flexibility index (Phi) is 5.76. The van der Waals surface area contributed by atoms with Crippen LogP contribution < -0.4 is 10.1 Å². The van der Waals surface area contributed by atoms with E-state index in [0.717, 1.165) is 23.3 Å². The van der Waals surface area contributed by atoms with Gasteiger partial charge in [0.2, 0.25) is 0 Å². The maximum absolute atomic E-state index is 13.6. The van der Waals surface area contributed by atoms with Crippen LogP contribution in [0.1, 0.15) is 50.7 Å². The van der Waals surface area contributed by atoms with Crippen LogP contribution >= 0.6 is 0 Å².